The molecular formula is C25H31F2N5O2. The Kier molecular flexibility index (Phi) is 7.09. The molecule has 182 valence electrons. The molecule has 1 atom stereocenters. The van der Waals surface area contributed by atoms with Gasteiger partial charge in [-0.15, -0.1) is 0 Å². The molecule has 1 saturated heterocycles. The summed E-state index contributed by atoms with van der Waals surface area (Å²) in [5, 5.41) is 5.81. The third-order valence-electron chi connectivity index (χ3n) is 6.70. The largest absolute Gasteiger partial charge is 0.354 e. The minimum absolute atomic E-state index is 0.105. The van der Waals surface area contributed by atoms with Gasteiger partial charge in [-0.2, -0.15) is 0 Å². The summed E-state index contributed by atoms with van der Waals surface area (Å²) in [7, 11) is 0. The van der Waals surface area contributed by atoms with Gasteiger partial charge in [0.15, 0.2) is 0 Å². The Hall–Kier alpha value is -3.10. The first-order chi connectivity index (χ1) is 16.2. The van der Waals surface area contributed by atoms with E-state index < -0.39 is 24.4 Å². The first kappa shape index (κ1) is 24.0. The van der Waals surface area contributed by atoms with E-state index in [1.54, 1.807) is 25.3 Å². The molecule has 2 N–H and O–H groups in total. The number of hydrogen-bond donors (Lipinski definition) is 2. The molecule has 1 aliphatic carbocycles. The van der Waals surface area contributed by atoms with E-state index in [1.165, 1.54) is 38.2 Å². The van der Waals surface area contributed by atoms with Crippen LogP contribution in [0.2, 0.25) is 0 Å². The normalized spacial score (nSPS) is 20.2. The second-order valence-corrected chi connectivity index (χ2v) is 9.36. The second-order valence-electron chi connectivity index (χ2n) is 9.36. The van der Waals surface area contributed by atoms with Crippen molar-refractivity contribution in [1.29, 1.82) is 0 Å². The zero-order chi connectivity index (χ0) is 24.3. The van der Waals surface area contributed by atoms with Gasteiger partial charge in [-0.3, -0.25) is 9.59 Å². The summed E-state index contributed by atoms with van der Waals surface area (Å²) in [6.45, 7) is 2.53. The Labute approximate surface area is 198 Å². The number of alkyl halides is 2. The van der Waals surface area contributed by atoms with E-state index in [0.717, 1.165) is 4.90 Å². The summed E-state index contributed by atoms with van der Waals surface area (Å²) in [4.78, 5) is 34.7. The Morgan fingerprint density at radius 3 is 2.65 bits per heavy atom. The van der Waals surface area contributed by atoms with Crippen molar-refractivity contribution >= 4 is 23.5 Å². The number of piperidine rings is 1. The SMILES string of the molecule is CC(=O)NC[C@H]1CCC(F)(F)CN1C(=O)c1nc(Nc2cc(C3CCCC3)ccn2)ccc1C. The van der Waals surface area contributed by atoms with Crippen molar-refractivity contribution < 1.29 is 18.4 Å². The number of nitrogens with one attached hydrogen (secondary N) is 2. The molecule has 0 unspecified atom stereocenters. The van der Waals surface area contributed by atoms with Crippen molar-refractivity contribution in [3.63, 3.8) is 0 Å². The van der Waals surface area contributed by atoms with Crippen molar-refractivity contribution in [1.82, 2.24) is 20.2 Å². The van der Waals surface area contributed by atoms with Crippen LogP contribution in [0.1, 0.15) is 73.0 Å². The monoisotopic (exact) mass is 471 g/mol. The van der Waals surface area contributed by atoms with Gasteiger partial charge in [-0.25, -0.2) is 18.7 Å². The number of anilines is 2. The number of carbonyl (C=O) groups is 2. The molecule has 2 aromatic heterocycles. The van der Waals surface area contributed by atoms with Crippen LogP contribution in [0.25, 0.3) is 0 Å². The summed E-state index contributed by atoms with van der Waals surface area (Å²) >= 11 is 0. The molecule has 3 heterocycles. The number of likely N-dealkylation sites (tertiary alicyclic amines) is 1. The number of aromatic nitrogens is 2. The molecule has 1 saturated carbocycles. The summed E-state index contributed by atoms with van der Waals surface area (Å²) in [6.07, 6.45) is 6.36. The molecule has 0 bridgehead atoms. The lowest BCUT2D eigenvalue weighted by molar-refractivity contribution is -0.119. The average Bonchev–Trinajstić information content (AvgIpc) is 3.34. The minimum atomic E-state index is -2.98. The molecule has 7 nitrogen and oxygen atoms in total. The van der Waals surface area contributed by atoms with Gasteiger partial charge in [-0.1, -0.05) is 18.9 Å². The summed E-state index contributed by atoms with van der Waals surface area (Å²) in [5.41, 5.74) is 1.94. The molecule has 0 radical (unpaired) electrons. The molecule has 4 rings (SSSR count). The predicted molar refractivity (Wildman–Crippen MR) is 125 cm³/mol. The number of amides is 2. The van der Waals surface area contributed by atoms with Gasteiger partial charge in [0.2, 0.25) is 5.91 Å². The van der Waals surface area contributed by atoms with Crippen molar-refractivity contribution in [2.24, 2.45) is 0 Å². The van der Waals surface area contributed by atoms with Crippen LogP contribution in [0, 0.1) is 6.92 Å². The van der Waals surface area contributed by atoms with Gasteiger partial charge < -0.3 is 15.5 Å². The van der Waals surface area contributed by atoms with E-state index in [1.807, 2.05) is 12.1 Å². The van der Waals surface area contributed by atoms with E-state index in [9.17, 15) is 18.4 Å². The van der Waals surface area contributed by atoms with Gasteiger partial charge >= 0.3 is 0 Å². The Morgan fingerprint density at radius 2 is 1.91 bits per heavy atom. The summed E-state index contributed by atoms with van der Waals surface area (Å²) < 4.78 is 28.4. The number of nitrogens with zero attached hydrogens (tertiary/aromatic N) is 3. The van der Waals surface area contributed by atoms with Crippen molar-refractivity contribution in [3.8, 4) is 0 Å². The molecule has 34 heavy (non-hydrogen) atoms. The van der Waals surface area contributed by atoms with Crippen LogP contribution in [-0.4, -0.2) is 51.7 Å². The highest BCUT2D eigenvalue weighted by Gasteiger charge is 2.42. The zero-order valence-corrected chi connectivity index (χ0v) is 19.6. The van der Waals surface area contributed by atoms with E-state index in [-0.39, 0.29) is 31.0 Å². The molecular weight excluding hydrogens is 440 g/mol. The molecule has 2 amide bonds. The Bertz CT molecular complexity index is 1060. The van der Waals surface area contributed by atoms with Crippen LogP contribution >= 0.6 is 0 Å². The van der Waals surface area contributed by atoms with E-state index in [4.69, 9.17) is 0 Å². The smallest absolute Gasteiger partial charge is 0.273 e. The second kappa shape index (κ2) is 10.0. The maximum Gasteiger partial charge on any atom is 0.273 e. The Balaban J connectivity index is 1.55. The van der Waals surface area contributed by atoms with Gasteiger partial charge in [0.25, 0.3) is 11.8 Å². The standard InChI is InChI=1S/C25H31F2N5O2/c1-16-7-8-21(30-22-13-19(10-12-28-22)18-5-3-4-6-18)31-23(16)24(34)32-15-25(26,27)11-9-20(32)14-29-17(2)33/h7-8,10,12-13,18,20H,3-6,9,11,14-15H2,1-2H3,(H,29,33)(H,28,30,31)/t20-/m1/s1. The highest BCUT2D eigenvalue weighted by atomic mass is 19.3. The van der Waals surface area contributed by atoms with Crippen molar-refractivity contribution in [2.45, 2.75) is 70.3 Å². The van der Waals surface area contributed by atoms with Crippen molar-refractivity contribution in [2.75, 3.05) is 18.4 Å². The molecule has 2 aromatic rings. The lowest BCUT2D eigenvalue weighted by Crippen LogP contribution is -2.55. The molecule has 2 aliphatic rings. The van der Waals surface area contributed by atoms with Gasteiger partial charge in [0.1, 0.15) is 17.3 Å². The molecule has 0 aromatic carbocycles. The minimum Gasteiger partial charge on any atom is -0.354 e. The topological polar surface area (TPSA) is 87.2 Å². The zero-order valence-electron chi connectivity index (χ0n) is 19.6. The van der Waals surface area contributed by atoms with Gasteiger partial charge in [0, 0.05) is 32.1 Å². The number of halogens is 2. The van der Waals surface area contributed by atoms with Crippen LogP contribution in [0.4, 0.5) is 20.4 Å². The fourth-order valence-electron chi connectivity index (χ4n) is 4.81. The maximum absolute atomic E-state index is 14.2. The highest BCUT2D eigenvalue weighted by molar-refractivity contribution is 5.94. The summed E-state index contributed by atoms with van der Waals surface area (Å²) in [5.74, 6) is -2.22. The quantitative estimate of drug-likeness (QED) is 0.645. The van der Waals surface area contributed by atoms with Gasteiger partial charge in [-0.05, 0) is 61.4 Å². The number of pyridine rings is 2. The predicted octanol–water partition coefficient (Wildman–Crippen LogP) is 4.56. The van der Waals surface area contributed by atoms with Crippen LogP contribution in [0.3, 0.4) is 0 Å². The number of hydrogen-bond acceptors (Lipinski definition) is 5. The highest BCUT2D eigenvalue weighted by Crippen LogP contribution is 2.35. The van der Waals surface area contributed by atoms with Crippen molar-refractivity contribution in [3.05, 3.63) is 47.3 Å². The van der Waals surface area contributed by atoms with Crippen LogP contribution < -0.4 is 10.6 Å². The lowest BCUT2D eigenvalue weighted by Gasteiger charge is -2.39. The molecule has 1 aliphatic heterocycles. The number of rotatable bonds is 6. The fourth-order valence-corrected chi connectivity index (χ4v) is 4.81. The average molecular weight is 472 g/mol. The Morgan fingerprint density at radius 1 is 1.15 bits per heavy atom. The molecule has 2 fully saturated rings. The van der Waals surface area contributed by atoms with Crippen LogP contribution in [0.5, 0.6) is 0 Å². The number of carbonyl (C=O) groups excluding carboxylic acids is 2. The van der Waals surface area contributed by atoms with E-state index >= 15 is 0 Å². The molecule has 9 heteroatoms. The van der Waals surface area contributed by atoms with Gasteiger partial charge in [0.05, 0.1) is 6.54 Å². The van der Waals surface area contributed by atoms with Crippen LogP contribution in [0.15, 0.2) is 30.5 Å². The summed E-state index contributed by atoms with van der Waals surface area (Å²) in [6, 6.07) is 7.01. The van der Waals surface area contributed by atoms with E-state index in [2.05, 4.69) is 20.6 Å². The third-order valence-corrected chi connectivity index (χ3v) is 6.70. The fraction of sp³-hybridized carbons (Fsp3) is 0.520. The first-order valence-electron chi connectivity index (χ1n) is 11.9. The first-order valence-corrected chi connectivity index (χ1v) is 11.9. The van der Waals surface area contributed by atoms with Crippen LogP contribution in [-0.2, 0) is 4.79 Å². The maximum atomic E-state index is 14.2. The lowest BCUT2D eigenvalue weighted by atomic mass is 9.98. The molecule has 0 spiro atoms. The number of aryl methyl sites for hydroxylation is 1. The van der Waals surface area contributed by atoms with E-state index in [0.29, 0.717) is 23.1 Å². The third kappa shape index (κ3) is 5.69.